The van der Waals surface area contributed by atoms with Crippen LogP contribution in [0.15, 0.2) is 52.3 Å². The molecule has 22 heavy (non-hydrogen) atoms. The van der Waals surface area contributed by atoms with E-state index >= 15 is 0 Å². The fourth-order valence-corrected chi connectivity index (χ4v) is 4.08. The summed E-state index contributed by atoms with van der Waals surface area (Å²) >= 11 is 8.05. The van der Waals surface area contributed by atoms with Crippen molar-refractivity contribution < 1.29 is 0 Å². The number of benzene rings is 2. The van der Waals surface area contributed by atoms with E-state index in [2.05, 4.69) is 60.7 Å². The lowest BCUT2D eigenvalue weighted by Crippen LogP contribution is -2.30. The summed E-state index contributed by atoms with van der Waals surface area (Å²) in [7, 11) is 4.21. The fourth-order valence-electron chi connectivity index (χ4n) is 2.76. The Kier molecular flexibility index (Phi) is 5.09. The number of halogens is 1. The molecule has 0 saturated carbocycles. The average Bonchev–Trinajstić information content (AvgIpc) is 2.63. The number of nitrogens with zero attached hydrogens (tertiary/aromatic N) is 1. The zero-order valence-corrected chi connectivity index (χ0v) is 14.5. The van der Waals surface area contributed by atoms with Crippen LogP contribution in [-0.2, 0) is 6.42 Å². The normalized spacial score (nSPS) is 17.0. The Hall–Kier alpha value is -1.00. The molecule has 0 bridgehead atoms. The van der Waals surface area contributed by atoms with Gasteiger partial charge in [0.2, 0.25) is 0 Å². The molecule has 4 heteroatoms. The first-order chi connectivity index (χ1) is 10.6. The van der Waals surface area contributed by atoms with Gasteiger partial charge in [-0.3, -0.25) is 0 Å². The van der Waals surface area contributed by atoms with Gasteiger partial charge >= 0.3 is 0 Å². The quantitative estimate of drug-likeness (QED) is 0.901. The molecule has 0 fully saturated rings. The summed E-state index contributed by atoms with van der Waals surface area (Å²) in [5.74, 6) is 0. The molecule has 1 aliphatic heterocycles. The van der Waals surface area contributed by atoms with Gasteiger partial charge in [0, 0.05) is 33.9 Å². The molecule has 2 aromatic rings. The van der Waals surface area contributed by atoms with Crippen molar-refractivity contribution in [3.05, 3.63) is 58.6 Å². The van der Waals surface area contributed by atoms with E-state index in [0.29, 0.717) is 6.04 Å². The number of fused-ring (bicyclic) bond motifs is 2. The van der Waals surface area contributed by atoms with Crippen molar-refractivity contribution >= 4 is 23.4 Å². The van der Waals surface area contributed by atoms with Crippen molar-refractivity contribution in [1.82, 2.24) is 10.2 Å². The highest BCUT2D eigenvalue weighted by atomic mass is 35.5. The zero-order chi connectivity index (χ0) is 15.5. The van der Waals surface area contributed by atoms with Gasteiger partial charge in [-0.1, -0.05) is 41.6 Å². The van der Waals surface area contributed by atoms with Crippen LogP contribution in [-0.4, -0.2) is 32.1 Å². The highest BCUT2D eigenvalue weighted by Gasteiger charge is 2.22. The maximum absolute atomic E-state index is 6.20. The molecule has 3 rings (SSSR count). The molecule has 1 atom stereocenters. The molecule has 0 spiro atoms. The molecule has 0 amide bonds. The summed E-state index contributed by atoms with van der Waals surface area (Å²) in [6, 6.07) is 15.3. The Balaban J connectivity index is 1.90. The van der Waals surface area contributed by atoms with E-state index < -0.39 is 0 Å². The molecular formula is C18H21ClN2S. The number of hydrogen-bond donors (Lipinski definition) is 1. The Morgan fingerprint density at radius 2 is 2.00 bits per heavy atom. The summed E-state index contributed by atoms with van der Waals surface area (Å²) < 4.78 is 0. The van der Waals surface area contributed by atoms with Gasteiger partial charge in [-0.2, -0.15) is 0 Å². The molecule has 1 N–H and O–H groups in total. The molecule has 0 unspecified atom stereocenters. The lowest BCUT2D eigenvalue weighted by molar-refractivity contribution is 0.383. The zero-order valence-electron chi connectivity index (χ0n) is 13.0. The lowest BCUT2D eigenvalue weighted by Gasteiger charge is -2.20. The number of likely N-dealkylation sites (N-methyl/N-ethyl adjacent to an activating group) is 1. The van der Waals surface area contributed by atoms with Gasteiger partial charge in [0.15, 0.2) is 0 Å². The maximum atomic E-state index is 6.20. The summed E-state index contributed by atoms with van der Waals surface area (Å²) in [6.07, 6.45) is 0.979. The second kappa shape index (κ2) is 7.05. The Bertz CT molecular complexity index is 657. The van der Waals surface area contributed by atoms with E-state index in [4.69, 9.17) is 11.6 Å². The molecule has 0 radical (unpaired) electrons. The third kappa shape index (κ3) is 3.66. The first-order valence-electron chi connectivity index (χ1n) is 7.57. The number of rotatable bonds is 4. The van der Waals surface area contributed by atoms with E-state index in [-0.39, 0.29) is 0 Å². The van der Waals surface area contributed by atoms with E-state index in [1.807, 2.05) is 17.8 Å². The fraction of sp³-hybridized carbons (Fsp3) is 0.333. The van der Waals surface area contributed by atoms with Gasteiger partial charge in [0.05, 0.1) is 0 Å². The topological polar surface area (TPSA) is 15.3 Å². The molecule has 2 aromatic carbocycles. The first-order valence-corrected chi connectivity index (χ1v) is 8.76. The molecule has 0 saturated heterocycles. The van der Waals surface area contributed by atoms with Gasteiger partial charge in [-0.25, -0.2) is 0 Å². The van der Waals surface area contributed by atoms with Crippen molar-refractivity contribution in [3.8, 4) is 0 Å². The minimum Gasteiger partial charge on any atom is -0.308 e. The second-order valence-corrected chi connectivity index (χ2v) is 7.43. The van der Waals surface area contributed by atoms with Gasteiger partial charge in [-0.05, 0) is 55.9 Å². The summed E-state index contributed by atoms with van der Waals surface area (Å²) in [4.78, 5) is 4.86. The summed E-state index contributed by atoms with van der Waals surface area (Å²) in [6.45, 7) is 2.01. The first kappa shape index (κ1) is 15.9. The molecule has 1 heterocycles. The summed E-state index contributed by atoms with van der Waals surface area (Å²) in [5, 5.41) is 4.53. The van der Waals surface area contributed by atoms with Crippen LogP contribution >= 0.6 is 23.4 Å². The van der Waals surface area contributed by atoms with Crippen LogP contribution in [0.2, 0.25) is 5.02 Å². The van der Waals surface area contributed by atoms with Crippen LogP contribution in [0.5, 0.6) is 0 Å². The molecule has 2 nitrogen and oxygen atoms in total. The average molecular weight is 333 g/mol. The van der Waals surface area contributed by atoms with Gasteiger partial charge < -0.3 is 10.2 Å². The Labute approximate surface area is 141 Å². The van der Waals surface area contributed by atoms with Crippen LogP contribution in [0.25, 0.3) is 0 Å². The minimum absolute atomic E-state index is 0.336. The summed E-state index contributed by atoms with van der Waals surface area (Å²) in [5.41, 5.74) is 2.72. The predicted octanol–water partition coefficient (Wildman–Crippen LogP) is 4.24. The molecule has 0 aliphatic carbocycles. The second-order valence-electron chi connectivity index (χ2n) is 5.91. The Morgan fingerprint density at radius 1 is 1.18 bits per heavy atom. The SMILES string of the molecule is CN(C)CCN[C@H]1Cc2cc(Cl)ccc2Sc2ccccc21. The van der Waals surface area contributed by atoms with Crippen LogP contribution in [0.4, 0.5) is 0 Å². The van der Waals surface area contributed by atoms with E-state index in [1.165, 1.54) is 20.9 Å². The van der Waals surface area contributed by atoms with Crippen molar-refractivity contribution in [3.63, 3.8) is 0 Å². The largest absolute Gasteiger partial charge is 0.308 e. The number of nitrogens with one attached hydrogen (secondary N) is 1. The Morgan fingerprint density at radius 3 is 2.82 bits per heavy atom. The van der Waals surface area contributed by atoms with Crippen molar-refractivity contribution in [2.75, 3.05) is 27.2 Å². The van der Waals surface area contributed by atoms with Crippen LogP contribution in [0.3, 0.4) is 0 Å². The van der Waals surface area contributed by atoms with E-state index in [9.17, 15) is 0 Å². The molecular weight excluding hydrogens is 312 g/mol. The van der Waals surface area contributed by atoms with Gasteiger partial charge in [-0.15, -0.1) is 0 Å². The standard InChI is InChI=1S/C18H21ClN2S/c1-21(2)10-9-20-16-12-13-11-14(19)7-8-17(13)22-18-6-4-3-5-15(16)18/h3-8,11,16,20H,9-10,12H2,1-2H3/t16-/m0/s1. The highest BCUT2D eigenvalue weighted by Crippen LogP contribution is 2.41. The van der Waals surface area contributed by atoms with Gasteiger partial charge in [0.25, 0.3) is 0 Å². The monoisotopic (exact) mass is 332 g/mol. The highest BCUT2D eigenvalue weighted by molar-refractivity contribution is 7.99. The smallest absolute Gasteiger partial charge is 0.0409 e. The van der Waals surface area contributed by atoms with Gasteiger partial charge in [0.1, 0.15) is 0 Å². The predicted molar refractivity (Wildman–Crippen MR) is 95.0 cm³/mol. The third-order valence-corrected chi connectivity index (χ3v) is 5.36. The van der Waals surface area contributed by atoms with Crippen molar-refractivity contribution in [2.45, 2.75) is 22.3 Å². The van der Waals surface area contributed by atoms with Crippen LogP contribution < -0.4 is 5.32 Å². The van der Waals surface area contributed by atoms with Crippen LogP contribution in [0, 0.1) is 0 Å². The van der Waals surface area contributed by atoms with E-state index in [0.717, 1.165) is 24.5 Å². The molecule has 1 aliphatic rings. The number of hydrogen-bond acceptors (Lipinski definition) is 3. The minimum atomic E-state index is 0.336. The van der Waals surface area contributed by atoms with Crippen LogP contribution in [0.1, 0.15) is 17.2 Å². The lowest BCUT2D eigenvalue weighted by atomic mass is 9.99. The van der Waals surface area contributed by atoms with Crippen molar-refractivity contribution in [2.24, 2.45) is 0 Å². The van der Waals surface area contributed by atoms with E-state index in [1.54, 1.807) is 0 Å². The maximum Gasteiger partial charge on any atom is 0.0409 e. The third-order valence-electron chi connectivity index (χ3n) is 3.91. The molecule has 0 aromatic heterocycles. The molecule has 116 valence electrons. The van der Waals surface area contributed by atoms with Crippen molar-refractivity contribution in [1.29, 1.82) is 0 Å².